The van der Waals surface area contributed by atoms with E-state index in [1.54, 1.807) is 25.4 Å². The first-order chi connectivity index (χ1) is 12.7. The van der Waals surface area contributed by atoms with Gasteiger partial charge < -0.3 is 15.4 Å². The molecule has 0 spiro atoms. The third kappa shape index (κ3) is 4.20. The van der Waals surface area contributed by atoms with E-state index in [-0.39, 0.29) is 12.6 Å². The first kappa shape index (κ1) is 17.9. The molecule has 0 saturated heterocycles. The molecule has 1 aromatic carbocycles. The van der Waals surface area contributed by atoms with Crippen LogP contribution in [-0.4, -0.2) is 34.3 Å². The van der Waals surface area contributed by atoms with E-state index in [4.69, 9.17) is 4.74 Å². The van der Waals surface area contributed by atoms with Gasteiger partial charge in [-0.05, 0) is 18.6 Å². The number of nitrogens with zero attached hydrogens (tertiary/aromatic N) is 2. The second-order valence-electron chi connectivity index (χ2n) is 5.37. The Kier molecular flexibility index (Phi) is 5.85. The molecule has 3 rings (SSSR count). The van der Waals surface area contributed by atoms with E-state index in [0.717, 1.165) is 5.56 Å². The number of rotatable bonds is 6. The summed E-state index contributed by atoms with van der Waals surface area (Å²) in [6, 6.07) is 10.1. The van der Waals surface area contributed by atoms with Gasteiger partial charge in [-0.2, -0.15) is 0 Å². The number of aromatic nitrogens is 2. The number of hydrogen-bond donors (Lipinski definition) is 2. The zero-order chi connectivity index (χ0) is 18.4. The largest absolute Gasteiger partial charge is 0.463 e. The van der Waals surface area contributed by atoms with E-state index >= 15 is 0 Å². The molecule has 134 valence electrons. The summed E-state index contributed by atoms with van der Waals surface area (Å²) in [5.41, 5.74) is 1.70. The van der Waals surface area contributed by atoms with Crippen LogP contribution in [0, 0.1) is 0 Å². The number of hydrogen-bond acceptors (Lipinski definition) is 6. The van der Waals surface area contributed by atoms with Gasteiger partial charge in [0.1, 0.15) is 0 Å². The lowest BCUT2D eigenvalue weighted by Gasteiger charge is -2.29. The van der Waals surface area contributed by atoms with Gasteiger partial charge in [0.05, 0.1) is 18.2 Å². The molecule has 1 atom stereocenters. The normalized spacial score (nSPS) is 16.7. The van der Waals surface area contributed by atoms with Crippen LogP contribution in [0.1, 0.15) is 18.5 Å². The number of thioether (sulfide) groups is 1. The lowest BCUT2D eigenvalue weighted by molar-refractivity contribution is -0.139. The predicted molar refractivity (Wildman–Crippen MR) is 97.3 cm³/mol. The Morgan fingerprint density at radius 3 is 2.62 bits per heavy atom. The molecule has 8 heteroatoms. The van der Waals surface area contributed by atoms with Crippen LogP contribution in [0.5, 0.6) is 0 Å². The quantitative estimate of drug-likeness (QED) is 0.461. The number of urea groups is 1. The lowest BCUT2D eigenvalue weighted by atomic mass is 9.95. The number of nitrogens with one attached hydrogen (secondary N) is 2. The van der Waals surface area contributed by atoms with Gasteiger partial charge >= 0.3 is 12.0 Å². The zero-order valence-electron chi connectivity index (χ0n) is 14.1. The fourth-order valence-electron chi connectivity index (χ4n) is 2.57. The van der Waals surface area contributed by atoms with E-state index < -0.39 is 12.0 Å². The molecule has 1 aromatic heterocycles. The van der Waals surface area contributed by atoms with Crippen molar-refractivity contribution in [3.05, 3.63) is 65.6 Å². The standard InChI is InChI=1S/C18H18N4O3S/c1-2-25-16(23)14-13(11-26-18-19-9-6-10-20-18)21-17(24)22-15(14)12-7-4-3-5-8-12/h3-10,15H,2,11H2,1H3,(H2,21,22,24). The van der Waals surface area contributed by atoms with E-state index in [1.807, 2.05) is 30.3 Å². The first-order valence-electron chi connectivity index (χ1n) is 8.11. The van der Waals surface area contributed by atoms with Crippen LogP contribution in [0.4, 0.5) is 4.79 Å². The monoisotopic (exact) mass is 370 g/mol. The Balaban J connectivity index is 1.95. The highest BCUT2D eigenvalue weighted by molar-refractivity contribution is 7.99. The Hall–Kier alpha value is -2.87. The molecular formula is C18H18N4O3S. The second-order valence-corrected chi connectivity index (χ2v) is 6.32. The van der Waals surface area contributed by atoms with Gasteiger partial charge in [-0.25, -0.2) is 19.6 Å². The van der Waals surface area contributed by atoms with Gasteiger partial charge in [0, 0.05) is 23.8 Å². The van der Waals surface area contributed by atoms with Crippen LogP contribution in [0.3, 0.4) is 0 Å². The number of carbonyl (C=O) groups excluding carboxylic acids is 2. The topological polar surface area (TPSA) is 93.2 Å². The maximum atomic E-state index is 12.6. The molecule has 1 aliphatic heterocycles. The highest BCUT2D eigenvalue weighted by atomic mass is 32.2. The lowest BCUT2D eigenvalue weighted by Crippen LogP contribution is -2.46. The van der Waals surface area contributed by atoms with Gasteiger partial charge in [0.25, 0.3) is 0 Å². The fourth-order valence-corrected chi connectivity index (χ4v) is 3.35. The summed E-state index contributed by atoms with van der Waals surface area (Å²) in [4.78, 5) is 33.0. The summed E-state index contributed by atoms with van der Waals surface area (Å²) in [6.45, 7) is 2.00. The van der Waals surface area contributed by atoms with Crippen molar-refractivity contribution in [2.45, 2.75) is 18.1 Å². The van der Waals surface area contributed by atoms with Crippen LogP contribution < -0.4 is 10.6 Å². The average Bonchev–Trinajstić information content (AvgIpc) is 2.67. The molecule has 0 aliphatic carbocycles. The van der Waals surface area contributed by atoms with E-state index in [1.165, 1.54) is 11.8 Å². The Morgan fingerprint density at radius 2 is 1.92 bits per heavy atom. The van der Waals surface area contributed by atoms with E-state index in [0.29, 0.717) is 22.2 Å². The molecule has 26 heavy (non-hydrogen) atoms. The number of esters is 1. The molecule has 1 unspecified atom stereocenters. The highest BCUT2D eigenvalue weighted by Crippen LogP contribution is 2.29. The highest BCUT2D eigenvalue weighted by Gasteiger charge is 2.33. The summed E-state index contributed by atoms with van der Waals surface area (Å²) in [5.74, 6) is -0.118. The average molecular weight is 370 g/mol. The van der Waals surface area contributed by atoms with Gasteiger partial charge in [-0.1, -0.05) is 42.1 Å². The molecule has 0 radical (unpaired) electrons. The molecule has 7 nitrogen and oxygen atoms in total. The third-order valence-corrected chi connectivity index (χ3v) is 4.57. The summed E-state index contributed by atoms with van der Waals surface area (Å²) in [6.07, 6.45) is 3.29. The van der Waals surface area contributed by atoms with E-state index in [2.05, 4.69) is 20.6 Å². The number of carbonyl (C=O) groups is 2. The number of ether oxygens (including phenoxy) is 1. The number of amides is 2. The zero-order valence-corrected chi connectivity index (χ0v) is 15.0. The third-order valence-electron chi connectivity index (χ3n) is 3.67. The summed E-state index contributed by atoms with van der Waals surface area (Å²) >= 11 is 1.34. The van der Waals surface area contributed by atoms with Crippen LogP contribution in [-0.2, 0) is 9.53 Å². The van der Waals surface area contributed by atoms with Crippen LogP contribution >= 0.6 is 11.8 Å². The van der Waals surface area contributed by atoms with Crippen molar-refractivity contribution in [1.82, 2.24) is 20.6 Å². The number of benzene rings is 1. The molecular weight excluding hydrogens is 352 g/mol. The van der Waals surface area contributed by atoms with Crippen molar-refractivity contribution >= 4 is 23.8 Å². The minimum atomic E-state index is -0.573. The summed E-state index contributed by atoms with van der Waals surface area (Å²) in [7, 11) is 0. The SMILES string of the molecule is CCOC(=O)C1=C(CSc2ncccn2)NC(=O)NC1c1ccccc1. The second kappa shape index (κ2) is 8.48. The van der Waals surface area contributed by atoms with Gasteiger partial charge in [0.15, 0.2) is 5.16 Å². The molecule has 2 amide bonds. The molecule has 0 bridgehead atoms. The molecule has 0 saturated carbocycles. The minimum absolute atomic E-state index is 0.250. The van der Waals surface area contributed by atoms with Crippen molar-refractivity contribution in [1.29, 1.82) is 0 Å². The predicted octanol–water partition coefficient (Wildman–Crippen LogP) is 2.44. The fraction of sp³-hybridized carbons (Fsp3) is 0.222. The van der Waals surface area contributed by atoms with E-state index in [9.17, 15) is 9.59 Å². The molecule has 2 heterocycles. The maximum Gasteiger partial charge on any atom is 0.338 e. The smallest absolute Gasteiger partial charge is 0.338 e. The molecule has 2 N–H and O–H groups in total. The van der Waals surface area contributed by atoms with Crippen LogP contribution in [0.2, 0.25) is 0 Å². The van der Waals surface area contributed by atoms with Gasteiger partial charge in [0.2, 0.25) is 0 Å². The molecule has 0 fully saturated rings. The Morgan fingerprint density at radius 1 is 1.19 bits per heavy atom. The summed E-state index contributed by atoms with van der Waals surface area (Å²) < 4.78 is 5.22. The maximum absolute atomic E-state index is 12.6. The van der Waals surface area contributed by atoms with Crippen molar-refractivity contribution < 1.29 is 14.3 Å². The van der Waals surface area contributed by atoms with Crippen molar-refractivity contribution in [3.8, 4) is 0 Å². The van der Waals surface area contributed by atoms with Crippen molar-refractivity contribution in [3.63, 3.8) is 0 Å². The molecule has 1 aliphatic rings. The Bertz CT molecular complexity index is 812. The van der Waals surface area contributed by atoms with Crippen molar-refractivity contribution in [2.75, 3.05) is 12.4 Å². The van der Waals surface area contributed by atoms with Gasteiger partial charge in [-0.3, -0.25) is 0 Å². The molecule has 2 aromatic rings. The van der Waals surface area contributed by atoms with Crippen LogP contribution in [0.15, 0.2) is 65.2 Å². The Labute approximate surface area is 155 Å². The summed E-state index contributed by atoms with van der Waals surface area (Å²) in [5, 5.41) is 6.09. The minimum Gasteiger partial charge on any atom is -0.463 e. The van der Waals surface area contributed by atoms with Crippen LogP contribution in [0.25, 0.3) is 0 Å². The first-order valence-corrected chi connectivity index (χ1v) is 9.10. The van der Waals surface area contributed by atoms with Crippen molar-refractivity contribution in [2.24, 2.45) is 0 Å². The van der Waals surface area contributed by atoms with Gasteiger partial charge in [-0.15, -0.1) is 0 Å².